The summed E-state index contributed by atoms with van der Waals surface area (Å²) in [6.45, 7) is 0.870. The molecule has 3 rings (SSSR count). The molecule has 0 aromatic heterocycles. The van der Waals surface area contributed by atoms with Crippen LogP contribution in [-0.4, -0.2) is 29.8 Å². The van der Waals surface area contributed by atoms with Crippen molar-refractivity contribution in [1.29, 1.82) is 0 Å². The van der Waals surface area contributed by atoms with E-state index in [2.05, 4.69) is 0 Å². The first-order chi connectivity index (χ1) is 7.56. The fourth-order valence-corrected chi connectivity index (χ4v) is 3.11. The molecule has 2 saturated carbocycles. The summed E-state index contributed by atoms with van der Waals surface area (Å²) >= 11 is 0. The highest BCUT2D eigenvalue weighted by molar-refractivity contribution is 5.77. The molecule has 0 N–H and O–H groups in total. The SMILES string of the molecule is O=C(CC1CC1)N1C[C@@H]2CCC(F)(F)[C@@H]2C1. The van der Waals surface area contributed by atoms with Gasteiger partial charge in [-0.2, -0.15) is 0 Å². The zero-order chi connectivity index (χ0) is 11.3. The summed E-state index contributed by atoms with van der Waals surface area (Å²) in [6, 6.07) is 0. The van der Waals surface area contributed by atoms with Crippen molar-refractivity contribution in [2.75, 3.05) is 13.1 Å². The second-order valence-corrected chi connectivity index (χ2v) is 5.61. The maximum absolute atomic E-state index is 13.5. The molecule has 0 aromatic carbocycles. The first kappa shape index (κ1) is 10.5. The molecule has 16 heavy (non-hydrogen) atoms. The lowest BCUT2D eigenvalue weighted by atomic mass is 9.99. The van der Waals surface area contributed by atoms with E-state index >= 15 is 0 Å². The fraction of sp³-hybridized carbons (Fsp3) is 0.917. The fourth-order valence-electron chi connectivity index (χ4n) is 3.11. The van der Waals surface area contributed by atoms with Gasteiger partial charge >= 0.3 is 0 Å². The van der Waals surface area contributed by atoms with Gasteiger partial charge in [-0.1, -0.05) is 0 Å². The third-order valence-electron chi connectivity index (χ3n) is 4.34. The highest BCUT2D eigenvalue weighted by atomic mass is 19.3. The predicted molar refractivity (Wildman–Crippen MR) is 55.1 cm³/mol. The largest absolute Gasteiger partial charge is 0.342 e. The molecular formula is C12H17F2NO. The van der Waals surface area contributed by atoms with Crippen molar-refractivity contribution in [3.8, 4) is 0 Å². The number of likely N-dealkylation sites (tertiary alicyclic amines) is 1. The van der Waals surface area contributed by atoms with Crippen molar-refractivity contribution < 1.29 is 13.6 Å². The van der Waals surface area contributed by atoms with Crippen molar-refractivity contribution in [3.63, 3.8) is 0 Å². The van der Waals surface area contributed by atoms with Crippen molar-refractivity contribution in [1.82, 2.24) is 4.90 Å². The lowest BCUT2D eigenvalue weighted by Crippen LogP contribution is -2.33. The second kappa shape index (κ2) is 3.41. The number of nitrogens with zero attached hydrogens (tertiary/aromatic N) is 1. The smallest absolute Gasteiger partial charge is 0.252 e. The van der Waals surface area contributed by atoms with Gasteiger partial charge in [0.15, 0.2) is 0 Å². The Kier molecular flexibility index (Phi) is 2.23. The van der Waals surface area contributed by atoms with Crippen LogP contribution in [0.5, 0.6) is 0 Å². The molecule has 1 aliphatic heterocycles. The van der Waals surface area contributed by atoms with E-state index in [9.17, 15) is 13.6 Å². The number of carbonyl (C=O) groups is 1. The van der Waals surface area contributed by atoms with Gasteiger partial charge < -0.3 is 4.90 Å². The lowest BCUT2D eigenvalue weighted by molar-refractivity contribution is -0.131. The summed E-state index contributed by atoms with van der Waals surface area (Å²) in [7, 11) is 0. The molecule has 0 spiro atoms. The molecule has 0 unspecified atom stereocenters. The van der Waals surface area contributed by atoms with Gasteiger partial charge in [0.25, 0.3) is 5.92 Å². The molecule has 2 nitrogen and oxygen atoms in total. The van der Waals surface area contributed by atoms with E-state index in [1.165, 1.54) is 0 Å². The first-order valence-electron chi connectivity index (χ1n) is 6.22. The van der Waals surface area contributed by atoms with E-state index < -0.39 is 11.8 Å². The van der Waals surface area contributed by atoms with E-state index in [-0.39, 0.29) is 18.2 Å². The van der Waals surface area contributed by atoms with Crippen molar-refractivity contribution in [3.05, 3.63) is 0 Å². The monoisotopic (exact) mass is 229 g/mol. The van der Waals surface area contributed by atoms with Crippen LogP contribution in [0, 0.1) is 17.8 Å². The highest BCUT2D eigenvalue weighted by Gasteiger charge is 2.54. The molecule has 1 amide bonds. The Bertz CT molecular complexity index is 314. The van der Waals surface area contributed by atoms with Crippen LogP contribution >= 0.6 is 0 Å². The number of carbonyl (C=O) groups excluding carboxylic acids is 1. The normalized spacial score (nSPS) is 36.5. The van der Waals surface area contributed by atoms with Crippen LogP contribution in [0.3, 0.4) is 0 Å². The maximum atomic E-state index is 13.5. The zero-order valence-corrected chi connectivity index (χ0v) is 9.29. The van der Waals surface area contributed by atoms with Crippen molar-refractivity contribution >= 4 is 5.91 Å². The Morgan fingerprint density at radius 2 is 2.00 bits per heavy atom. The quantitative estimate of drug-likeness (QED) is 0.711. The van der Waals surface area contributed by atoms with Gasteiger partial charge in [0, 0.05) is 31.8 Å². The molecule has 3 fully saturated rings. The molecular weight excluding hydrogens is 212 g/mol. The summed E-state index contributed by atoms with van der Waals surface area (Å²) in [6.07, 6.45) is 3.48. The van der Waals surface area contributed by atoms with Crippen LogP contribution in [0.25, 0.3) is 0 Å². The minimum Gasteiger partial charge on any atom is -0.342 e. The standard InChI is InChI=1S/C12H17F2NO/c13-12(14)4-3-9-6-15(7-10(9)12)11(16)5-8-1-2-8/h8-10H,1-7H2/t9-,10+/m0/s1. The number of halogens is 2. The topological polar surface area (TPSA) is 20.3 Å². The molecule has 4 heteroatoms. The third-order valence-corrected chi connectivity index (χ3v) is 4.34. The van der Waals surface area contributed by atoms with E-state index in [0.29, 0.717) is 31.8 Å². The van der Waals surface area contributed by atoms with Crippen LogP contribution in [0.1, 0.15) is 32.1 Å². The van der Waals surface area contributed by atoms with Crippen LogP contribution in [-0.2, 0) is 4.79 Å². The summed E-state index contributed by atoms with van der Waals surface area (Å²) in [5.41, 5.74) is 0. The van der Waals surface area contributed by atoms with Crippen LogP contribution < -0.4 is 0 Å². The Labute approximate surface area is 94.0 Å². The number of rotatable bonds is 2. The van der Waals surface area contributed by atoms with Gasteiger partial charge in [0.2, 0.25) is 5.91 Å². The summed E-state index contributed by atoms with van der Waals surface area (Å²) in [5.74, 6) is -2.38. The molecule has 0 aromatic rings. The van der Waals surface area contributed by atoms with E-state index in [1.54, 1.807) is 4.90 Å². The average molecular weight is 229 g/mol. The van der Waals surface area contributed by atoms with Gasteiger partial charge in [0.05, 0.1) is 0 Å². The number of alkyl halides is 2. The molecule has 90 valence electrons. The molecule has 2 atom stereocenters. The molecule has 0 radical (unpaired) electrons. The summed E-state index contributed by atoms with van der Waals surface area (Å²) in [4.78, 5) is 13.5. The molecule has 1 saturated heterocycles. The van der Waals surface area contributed by atoms with Gasteiger partial charge in [-0.15, -0.1) is 0 Å². The lowest BCUT2D eigenvalue weighted by Gasteiger charge is -2.20. The molecule has 2 aliphatic carbocycles. The van der Waals surface area contributed by atoms with Gasteiger partial charge in [-0.05, 0) is 31.1 Å². The summed E-state index contributed by atoms with van der Waals surface area (Å²) < 4.78 is 26.9. The number of hydrogen-bond donors (Lipinski definition) is 0. The Morgan fingerprint density at radius 1 is 1.25 bits per heavy atom. The maximum Gasteiger partial charge on any atom is 0.252 e. The van der Waals surface area contributed by atoms with Crippen LogP contribution in [0.2, 0.25) is 0 Å². The van der Waals surface area contributed by atoms with E-state index in [0.717, 1.165) is 12.8 Å². The van der Waals surface area contributed by atoms with Crippen molar-refractivity contribution in [2.24, 2.45) is 17.8 Å². The Morgan fingerprint density at radius 3 is 2.62 bits per heavy atom. The highest BCUT2D eigenvalue weighted by Crippen LogP contribution is 2.48. The zero-order valence-electron chi connectivity index (χ0n) is 9.29. The minimum atomic E-state index is -2.53. The summed E-state index contributed by atoms with van der Waals surface area (Å²) in [5, 5.41) is 0. The average Bonchev–Trinajstić information content (AvgIpc) is 2.83. The van der Waals surface area contributed by atoms with Gasteiger partial charge in [0.1, 0.15) is 0 Å². The van der Waals surface area contributed by atoms with Crippen LogP contribution in [0.15, 0.2) is 0 Å². The predicted octanol–water partition coefficient (Wildman–Crippen LogP) is 2.29. The van der Waals surface area contributed by atoms with Gasteiger partial charge in [-0.3, -0.25) is 4.79 Å². The molecule has 0 bridgehead atoms. The minimum absolute atomic E-state index is 0.0208. The van der Waals surface area contributed by atoms with Crippen molar-refractivity contribution in [2.45, 2.75) is 38.0 Å². The van der Waals surface area contributed by atoms with E-state index in [4.69, 9.17) is 0 Å². The second-order valence-electron chi connectivity index (χ2n) is 5.61. The molecule has 3 aliphatic rings. The third kappa shape index (κ3) is 1.72. The van der Waals surface area contributed by atoms with Gasteiger partial charge in [-0.25, -0.2) is 8.78 Å². The Balaban J connectivity index is 1.62. The first-order valence-corrected chi connectivity index (χ1v) is 6.22. The van der Waals surface area contributed by atoms with E-state index in [1.807, 2.05) is 0 Å². The van der Waals surface area contributed by atoms with Crippen LogP contribution in [0.4, 0.5) is 8.78 Å². The number of fused-ring (bicyclic) bond motifs is 1. The Hall–Kier alpha value is -0.670. The molecule has 1 heterocycles. The number of hydrogen-bond acceptors (Lipinski definition) is 1. The number of amides is 1.